The minimum atomic E-state index is -1.16. The molecule has 4 rings (SSSR count). The monoisotopic (exact) mass is 558 g/mol. The molecule has 1 aromatic carbocycles. The van der Waals surface area contributed by atoms with Crippen molar-refractivity contribution in [1.29, 1.82) is 0 Å². The van der Waals surface area contributed by atoms with E-state index in [1.54, 1.807) is 35.2 Å². The zero-order chi connectivity index (χ0) is 28.2. The summed E-state index contributed by atoms with van der Waals surface area (Å²) in [5.74, 6) is -2.68. The van der Waals surface area contributed by atoms with Crippen molar-refractivity contribution in [2.75, 3.05) is 31.2 Å². The number of hydrogen-bond donors (Lipinski definition) is 1. The van der Waals surface area contributed by atoms with Crippen LogP contribution in [-0.4, -0.2) is 71.3 Å². The van der Waals surface area contributed by atoms with Crippen molar-refractivity contribution in [3.05, 3.63) is 54.6 Å². The Kier molecular flexibility index (Phi) is 9.19. The fourth-order valence-electron chi connectivity index (χ4n) is 6.60. The normalized spacial score (nSPS) is 28.8. The third-order valence-electron chi connectivity index (χ3n) is 8.34. The lowest BCUT2D eigenvalue weighted by atomic mass is 9.66. The predicted molar refractivity (Wildman–Crippen MR) is 149 cm³/mol. The number of para-hydroxylation sites is 1. The molecule has 9 heteroatoms. The number of aliphatic hydroxyl groups excluding tert-OH is 1. The zero-order valence-electron chi connectivity index (χ0n) is 22.6. The van der Waals surface area contributed by atoms with Crippen LogP contribution < -0.4 is 4.90 Å². The minimum absolute atomic E-state index is 0.0210. The number of allylic oxidation sites excluding steroid dienone is 1. The summed E-state index contributed by atoms with van der Waals surface area (Å²) in [7, 11) is 0. The molecule has 8 nitrogen and oxygen atoms in total. The fraction of sp³-hybridized carbons (Fsp3) is 0.567. The molecule has 2 unspecified atom stereocenters. The Morgan fingerprint density at radius 2 is 1.97 bits per heavy atom. The molecule has 3 heterocycles. The molecule has 3 fully saturated rings. The minimum Gasteiger partial charge on any atom is -0.465 e. The van der Waals surface area contributed by atoms with Crippen LogP contribution in [-0.2, 0) is 23.9 Å². The number of hydrogen-bond acceptors (Lipinski definition) is 6. The van der Waals surface area contributed by atoms with E-state index in [2.05, 4.69) is 13.2 Å². The van der Waals surface area contributed by atoms with E-state index in [9.17, 15) is 19.5 Å². The Balaban J connectivity index is 1.69. The average Bonchev–Trinajstić information content (AvgIpc) is 3.48. The number of ether oxygens (including phenoxy) is 2. The molecule has 1 N–H and O–H groups in total. The van der Waals surface area contributed by atoms with Gasteiger partial charge in [0, 0.05) is 19.7 Å². The van der Waals surface area contributed by atoms with Crippen molar-refractivity contribution >= 4 is 35.1 Å². The summed E-state index contributed by atoms with van der Waals surface area (Å²) < 4.78 is 12.3. The molecule has 3 aliphatic heterocycles. The Morgan fingerprint density at radius 1 is 1.21 bits per heavy atom. The van der Waals surface area contributed by atoms with Crippen molar-refractivity contribution in [2.24, 2.45) is 11.8 Å². The number of halogens is 1. The van der Waals surface area contributed by atoms with Gasteiger partial charge in [-0.2, -0.15) is 0 Å². The van der Waals surface area contributed by atoms with E-state index in [-0.39, 0.29) is 38.1 Å². The Bertz CT molecular complexity index is 1110. The molecule has 2 amide bonds. The van der Waals surface area contributed by atoms with Crippen molar-refractivity contribution in [1.82, 2.24) is 4.90 Å². The van der Waals surface area contributed by atoms with E-state index < -0.39 is 35.0 Å². The number of carbonyl (C=O) groups is 3. The number of unbranched alkanes of at least 4 members (excludes halogenated alkanes) is 3. The lowest BCUT2D eigenvalue weighted by Crippen LogP contribution is -2.56. The smallest absolute Gasteiger partial charge is 0.312 e. The van der Waals surface area contributed by atoms with Crippen LogP contribution in [0.3, 0.4) is 0 Å². The first-order chi connectivity index (χ1) is 18.8. The average molecular weight is 559 g/mol. The molecule has 5 atom stereocenters. The molecular formula is C30H39ClN2O6. The number of nitrogens with zero attached hydrogens (tertiary/aromatic N) is 2. The molecule has 0 radical (unpaired) electrons. The Hall–Kier alpha value is -2.68. The molecule has 0 aliphatic carbocycles. The van der Waals surface area contributed by atoms with Gasteiger partial charge in [-0.05, 0) is 64.0 Å². The van der Waals surface area contributed by atoms with Crippen molar-refractivity contribution in [3.8, 4) is 0 Å². The highest BCUT2D eigenvalue weighted by atomic mass is 35.5. The lowest BCUT2D eigenvalue weighted by molar-refractivity contribution is -0.159. The topological polar surface area (TPSA) is 96.4 Å². The molecule has 0 aromatic heterocycles. The van der Waals surface area contributed by atoms with Crippen LogP contribution in [0.2, 0.25) is 5.02 Å². The molecular weight excluding hydrogens is 520 g/mol. The summed E-state index contributed by atoms with van der Waals surface area (Å²) in [6.45, 7) is 10.1. The number of likely N-dealkylation sites (tertiary alicyclic amines) is 1. The Morgan fingerprint density at radius 3 is 2.67 bits per heavy atom. The highest BCUT2D eigenvalue weighted by Gasteiger charge is 2.78. The summed E-state index contributed by atoms with van der Waals surface area (Å²) in [5.41, 5.74) is -1.54. The number of amides is 2. The number of anilines is 1. The molecule has 212 valence electrons. The largest absolute Gasteiger partial charge is 0.465 e. The van der Waals surface area contributed by atoms with Gasteiger partial charge in [0.05, 0.1) is 28.8 Å². The van der Waals surface area contributed by atoms with Crippen LogP contribution in [0.25, 0.3) is 0 Å². The van der Waals surface area contributed by atoms with Crippen LogP contribution in [0.15, 0.2) is 49.6 Å². The van der Waals surface area contributed by atoms with Crippen molar-refractivity contribution in [2.45, 2.75) is 69.1 Å². The van der Waals surface area contributed by atoms with Gasteiger partial charge in [-0.15, -0.1) is 13.2 Å². The first kappa shape index (κ1) is 29.3. The van der Waals surface area contributed by atoms with Gasteiger partial charge in [0.1, 0.15) is 17.6 Å². The van der Waals surface area contributed by atoms with Gasteiger partial charge in [-0.1, -0.05) is 35.9 Å². The second kappa shape index (κ2) is 12.2. The number of benzene rings is 1. The summed E-state index contributed by atoms with van der Waals surface area (Å²) in [5, 5.41) is 9.78. The number of aliphatic hydroxyl groups is 1. The summed E-state index contributed by atoms with van der Waals surface area (Å²) in [6.07, 6.45) is 7.85. The summed E-state index contributed by atoms with van der Waals surface area (Å²) >= 11 is 6.49. The molecule has 2 bridgehead atoms. The SMILES string of the molecule is C=CCCCCOC(=O)[C@@H]1[C@H]2C(=O)N(CCCCO)C(C(=O)N(CC=C)c3ccccc3Cl)C23CC[C@@]1(C)O3. The second-order valence-electron chi connectivity index (χ2n) is 10.8. The number of fused-ring (bicyclic) bond motifs is 1. The first-order valence-corrected chi connectivity index (χ1v) is 14.2. The van der Waals surface area contributed by atoms with Crippen LogP contribution in [0.4, 0.5) is 5.69 Å². The number of esters is 1. The third kappa shape index (κ3) is 5.26. The summed E-state index contributed by atoms with van der Waals surface area (Å²) in [6, 6.07) is 6.10. The highest BCUT2D eigenvalue weighted by molar-refractivity contribution is 6.34. The van der Waals surface area contributed by atoms with E-state index >= 15 is 0 Å². The van der Waals surface area contributed by atoms with Crippen LogP contribution >= 0.6 is 11.6 Å². The van der Waals surface area contributed by atoms with E-state index in [0.29, 0.717) is 42.8 Å². The quantitative estimate of drug-likeness (QED) is 0.208. The molecule has 1 aromatic rings. The predicted octanol–water partition coefficient (Wildman–Crippen LogP) is 4.30. The first-order valence-electron chi connectivity index (χ1n) is 13.8. The van der Waals surface area contributed by atoms with Gasteiger partial charge in [0.25, 0.3) is 5.91 Å². The van der Waals surface area contributed by atoms with Gasteiger partial charge >= 0.3 is 5.97 Å². The van der Waals surface area contributed by atoms with Crippen LogP contribution in [0.5, 0.6) is 0 Å². The van der Waals surface area contributed by atoms with Crippen molar-refractivity contribution in [3.63, 3.8) is 0 Å². The van der Waals surface area contributed by atoms with E-state index in [4.69, 9.17) is 21.1 Å². The summed E-state index contributed by atoms with van der Waals surface area (Å²) in [4.78, 5) is 45.1. The zero-order valence-corrected chi connectivity index (χ0v) is 23.4. The van der Waals surface area contributed by atoms with E-state index in [1.165, 1.54) is 4.90 Å². The van der Waals surface area contributed by atoms with Gasteiger partial charge in [0.2, 0.25) is 5.91 Å². The fourth-order valence-corrected chi connectivity index (χ4v) is 6.84. The number of carbonyl (C=O) groups excluding carboxylic acids is 3. The molecule has 3 saturated heterocycles. The standard InChI is InChI=1S/C30H39ClN2O6/c1-4-6-7-12-20-38-28(37)24-23-26(35)33(18-10-11-19-34)25(30(23)16-15-29(24,3)39-30)27(36)32(17-5-2)22-14-9-8-13-21(22)31/h4-5,8-9,13-14,23-25,34H,1-2,6-7,10-12,15-20H2,3H3/t23-,24-,25?,29+,30?/m0/s1. The van der Waals surface area contributed by atoms with Crippen molar-refractivity contribution < 1.29 is 29.0 Å². The molecule has 3 aliphatic rings. The lowest BCUT2D eigenvalue weighted by Gasteiger charge is -2.37. The van der Waals surface area contributed by atoms with E-state index in [0.717, 1.165) is 12.8 Å². The molecule has 0 saturated carbocycles. The van der Waals surface area contributed by atoms with Crippen LogP contribution in [0.1, 0.15) is 51.9 Å². The van der Waals surface area contributed by atoms with E-state index in [1.807, 2.05) is 13.0 Å². The maximum Gasteiger partial charge on any atom is 0.312 e. The second-order valence-corrected chi connectivity index (χ2v) is 11.2. The molecule has 1 spiro atoms. The number of rotatable bonds is 14. The molecule has 39 heavy (non-hydrogen) atoms. The maximum absolute atomic E-state index is 14.4. The third-order valence-corrected chi connectivity index (χ3v) is 8.66. The van der Waals surface area contributed by atoms with Gasteiger partial charge in [-0.25, -0.2) is 0 Å². The van der Waals surface area contributed by atoms with Crippen LogP contribution in [0, 0.1) is 11.8 Å². The van der Waals surface area contributed by atoms with Gasteiger partial charge in [-0.3, -0.25) is 14.4 Å². The maximum atomic E-state index is 14.4. The van der Waals surface area contributed by atoms with Gasteiger partial charge < -0.3 is 24.4 Å². The highest BCUT2D eigenvalue weighted by Crippen LogP contribution is 2.63. The Labute approximate surface area is 235 Å². The van der Waals surface area contributed by atoms with Gasteiger partial charge in [0.15, 0.2) is 0 Å².